The van der Waals surface area contributed by atoms with Crippen molar-refractivity contribution in [1.29, 1.82) is 0 Å². The van der Waals surface area contributed by atoms with Gasteiger partial charge in [-0.1, -0.05) is 50.3 Å². The van der Waals surface area contributed by atoms with Crippen molar-refractivity contribution >= 4 is 15.8 Å². The van der Waals surface area contributed by atoms with Gasteiger partial charge in [0.25, 0.3) is 0 Å². The van der Waals surface area contributed by atoms with Gasteiger partial charge in [-0.05, 0) is 16.7 Å². The maximum absolute atomic E-state index is 5.83. The van der Waals surface area contributed by atoms with Crippen molar-refractivity contribution in [3.8, 4) is 0 Å². The Balaban J connectivity index is 2.31. The summed E-state index contributed by atoms with van der Waals surface area (Å²) in [4.78, 5) is 0. The Morgan fingerprint density at radius 2 is 2.06 bits per heavy atom. The summed E-state index contributed by atoms with van der Waals surface area (Å²) in [7, 11) is 1.27. The topological polar surface area (TPSA) is 18.5 Å². The van der Waals surface area contributed by atoms with Crippen LogP contribution in [0.5, 0.6) is 0 Å². The van der Waals surface area contributed by atoms with Crippen LogP contribution in [0.15, 0.2) is 30.8 Å². The molecule has 94 valence electrons. The molecule has 3 heteroatoms. The van der Waals surface area contributed by atoms with Gasteiger partial charge in [0, 0.05) is 13.7 Å². The number of hydrogen-bond donors (Lipinski definition) is 0. The predicted octanol–water partition coefficient (Wildman–Crippen LogP) is 2.77. The third-order valence-corrected chi connectivity index (χ3v) is 4.54. The van der Waals surface area contributed by atoms with Gasteiger partial charge >= 0.3 is 0 Å². The zero-order valence-corrected chi connectivity index (χ0v) is 12.2. The SMILES string of the molecule is C=Cc1ccc(CO[SiH2]C(CC)COC)cc1. The minimum absolute atomic E-state index is 0.490. The molecule has 0 saturated heterocycles. The summed E-state index contributed by atoms with van der Waals surface area (Å²) >= 11 is 0. The van der Waals surface area contributed by atoms with Gasteiger partial charge in [0.1, 0.15) is 0 Å². The minimum Gasteiger partial charge on any atom is -0.419 e. The quantitative estimate of drug-likeness (QED) is 0.661. The lowest BCUT2D eigenvalue weighted by molar-refractivity contribution is 0.186. The van der Waals surface area contributed by atoms with E-state index in [1.807, 2.05) is 6.08 Å². The van der Waals surface area contributed by atoms with E-state index in [0.29, 0.717) is 5.54 Å². The molecule has 0 fully saturated rings. The summed E-state index contributed by atoms with van der Waals surface area (Å²) in [5, 5.41) is 0. The van der Waals surface area contributed by atoms with Crippen LogP contribution in [0, 0.1) is 0 Å². The van der Waals surface area contributed by atoms with Gasteiger partial charge in [0.15, 0.2) is 9.76 Å². The maximum atomic E-state index is 5.83. The van der Waals surface area contributed by atoms with Crippen LogP contribution in [0.1, 0.15) is 24.5 Å². The van der Waals surface area contributed by atoms with E-state index in [2.05, 4.69) is 37.8 Å². The number of ether oxygens (including phenoxy) is 1. The van der Waals surface area contributed by atoms with Crippen LogP contribution in [0.3, 0.4) is 0 Å². The Bertz CT molecular complexity index is 321. The average Bonchev–Trinajstić information content (AvgIpc) is 2.38. The van der Waals surface area contributed by atoms with Gasteiger partial charge in [-0.25, -0.2) is 0 Å². The summed E-state index contributed by atoms with van der Waals surface area (Å²) in [6.07, 6.45) is 3.00. The lowest BCUT2D eigenvalue weighted by Gasteiger charge is -2.13. The van der Waals surface area contributed by atoms with E-state index >= 15 is 0 Å². The molecule has 1 aromatic carbocycles. The zero-order chi connectivity index (χ0) is 12.5. The molecule has 2 nitrogen and oxygen atoms in total. The van der Waals surface area contributed by atoms with E-state index in [-0.39, 0.29) is 0 Å². The highest BCUT2D eigenvalue weighted by molar-refractivity contribution is 6.29. The molecular weight excluding hydrogens is 228 g/mol. The number of benzene rings is 1. The van der Waals surface area contributed by atoms with Crippen LogP contribution in [0.4, 0.5) is 0 Å². The summed E-state index contributed by atoms with van der Waals surface area (Å²) < 4.78 is 11.0. The normalized spacial score (nSPS) is 13.1. The van der Waals surface area contributed by atoms with Crippen molar-refractivity contribution < 1.29 is 9.16 Å². The predicted molar refractivity (Wildman–Crippen MR) is 75.8 cm³/mol. The lowest BCUT2D eigenvalue weighted by atomic mass is 10.1. The second kappa shape index (κ2) is 8.23. The molecule has 1 aromatic rings. The minimum atomic E-state index is -0.490. The van der Waals surface area contributed by atoms with Crippen LogP contribution >= 0.6 is 0 Å². The Hall–Kier alpha value is -0.903. The van der Waals surface area contributed by atoms with E-state index in [1.165, 1.54) is 5.56 Å². The van der Waals surface area contributed by atoms with E-state index in [4.69, 9.17) is 9.16 Å². The van der Waals surface area contributed by atoms with Gasteiger partial charge in [-0.15, -0.1) is 0 Å². The lowest BCUT2D eigenvalue weighted by Crippen LogP contribution is -2.12. The molecule has 0 spiro atoms. The molecule has 17 heavy (non-hydrogen) atoms. The van der Waals surface area contributed by atoms with Crippen molar-refractivity contribution in [2.75, 3.05) is 13.7 Å². The van der Waals surface area contributed by atoms with Crippen molar-refractivity contribution in [1.82, 2.24) is 0 Å². The molecule has 0 aliphatic rings. The average molecular weight is 250 g/mol. The van der Waals surface area contributed by atoms with Gasteiger partial charge in [-0.2, -0.15) is 0 Å². The molecule has 0 amide bonds. The number of hydrogen-bond acceptors (Lipinski definition) is 2. The molecular formula is C14H22O2Si. The van der Waals surface area contributed by atoms with E-state index in [1.54, 1.807) is 7.11 Å². The summed E-state index contributed by atoms with van der Waals surface area (Å²) in [5.41, 5.74) is 3.01. The first kappa shape index (κ1) is 14.2. The second-order valence-corrected chi connectivity index (χ2v) is 6.09. The molecule has 0 aromatic heterocycles. The van der Waals surface area contributed by atoms with Crippen LogP contribution in [-0.4, -0.2) is 23.5 Å². The van der Waals surface area contributed by atoms with Crippen molar-refractivity contribution in [2.45, 2.75) is 25.5 Å². The van der Waals surface area contributed by atoms with Gasteiger partial charge in [-0.3, -0.25) is 0 Å². The second-order valence-electron chi connectivity index (χ2n) is 4.19. The van der Waals surface area contributed by atoms with Crippen molar-refractivity contribution in [2.24, 2.45) is 0 Å². The molecule has 0 N–H and O–H groups in total. The monoisotopic (exact) mass is 250 g/mol. The first-order chi connectivity index (χ1) is 8.30. The van der Waals surface area contributed by atoms with E-state index in [9.17, 15) is 0 Å². The molecule has 0 radical (unpaired) electrons. The van der Waals surface area contributed by atoms with Crippen LogP contribution < -0.4 is 0 Å². The Morgan fingerprint density at radius 3 is 2.59 bits per heavy atom. The van der Waals surface area contributed by atoms with E-state index in [0.717, 1.165) is 25.2 Å². The van der Waals surface area contributed by atoms with Crippen LogP contribution in [0.25, 0.3) is 6.08 Å². The highest BCUT2D eigenvalue weighted by atomic mass is 28.2. The smallest absolute Gasteiger partial charge is 0.167 e. The molecule has 1 atom stereocenters. The van der Waals surface area contributed by atoms with Gasteiger partial charge in [0.05, 0.1) is 6.61 Å². The molecule has 1 rings (SSSR count). The molecule has 0 bridgehead atoms. The molecule has 0 aliphatic carbocycles. The van der Waals surface area contributed by atoms with Crippen LogP contribution in [0.2, 0.25) is 5.54 Å². The molecule has 0 heterocycles. The Morgan fingerprint density at radius 1 is 1.35 bits per heavy atom. The summed E-state index contributed by atoms with van der Waals surface area (Å²) in [6, 6.07) is 8.34. The first-order valence-electron chi connectivity index (χ1n) is 6.08. The van der Waals surface area contributed by atoms with Crippen LogP contribution in [-0.2, 0) is 15.8 Å². The fraction of sp³-hybridized carbons (Fsp3) is 0.429. The fourth-order valence-electron chi connectivity index (χ4n) is 1.61. The summed E-state index contributed by atoms with van der Waals surface area (Å²) in [5.74, 6) is 0. The number of methoxy groups -OCH3 is 1. The Kier molecular flexibility index (Phi) is 6.85. The first-order valence-corrected chi connectivity index (χ1v) is 7.47. The molecule has 0 aliphatic heterocycles. The third kappa shape index (κ3) is 5.30. The third-order valence-electron chi connectivity index (χ3n) is 2.82. The van der Waals surface area contributed by atoms with Gasteiger partial charge < -0.3 is 9.16 Å². The maximum Gasteiger partial charge on any atom is 0.167 e. The molecule has 0 saturated carbocycles. The zero-order valence-electron chi connectivity index (χ0n) is 10.8. The standard InChI is InChI=1S/C14H22O2Si/c1-4-12-6-8-13(9-7-12)10-16-17-14(5-2)11-15-3/h4,6-9,14H,1,5,10-11,17H2,2-3H3. The van der Waals surface area contributed by atoms with Crippen molar-refractivity contribution in [3.63, 3.8) is 0 Å². The fourth-order valence-corrected chi connectivity index (χ4v) is 2.87. The van der Waals surface area contributed by atoms with Crippen molar-refractivity contribution in [3.05, 3.63) is 42.0 Å². The van der Waals surface area contributed by atoms with E-state index < -0.39 is 9.76 Å². The van der Waals surface area contributed by atoms with Gasteiger partial charge in [0.2, 0.25) is 0 Å². The largest absolute Gasteiger partial charge is 0.419 e. The highest BCUT2D eigenvalue weighted by Crippen LogP contribution is 2.11. The number of rotatable bonds is 8. The Labute approximate surface area is 107 Å². The summed E-state index contributed by atoms with van der Waals surface area (Å²) in [6.45, 7) is 7.49. The molecule has 1 unspecified atom stereocenters. The highest BCUT2D eigenvalue weighted by Gasteiger charge is 2.06.